The van der Waals surface area contributed by atoms with Crippen LogP contribution in [0.15, 0.2) is 0 Å². The highest BCUT2D eigenvalue weighted by Crippen LogP contribution is 1.90. The van der Waals surface area contributed by atoms with Crippen LogP contribution >= 0.6 is 11.8 Å². The molecule has 5 nitrogen and oxygen atoms in total. The van der Waals surface area contributed by atoms with Crippen molar-refractivity contribution in [2.45, 2.75) is 13.3 Å². The van der Waals surface area contributed by atoms with Crippen molar-refractivity contribution in [3.8, 4) is 0 Å². The number of hydrogen-bond donors (Lipinski definition) is 1. The van der Waals surface area contributed by atoms with Gasteiger partial charge in [-0.1, -0.05) is 0 Å². The minimum atomic E-state index is -0.138. The Labute approximate surface area is 107 Å². The summed E-state index contributed by atoms with van der Waals surface area (Å²) >= 11 is 1.68. The number of amides is 1. The smallest absolute Gasteiger partial charge is 0.246 e. The number of ketones is 1. The van der Waals surface area contributed by atoms with Gasteiger partial charge in [0.15, 0.2) is 0 Å². The second-order valence-electron chi connectivity index (χ2n) is 3.46. The molecule has 0 atom stereocenters. The van der Waals surface area contributed by atoms with Crippen molar-refractivity contribution in [1.82, 2.24) is 5.32 Å². The zero-order valence-electron chi connectivity index (χ0n) is 10.5. The van der Waals surface area contributed by atoms with Gasteiger partial charge in [0.25, 0.3) is 0 Å². The number of Topliss-reactive ketones (excluding diaryl/α,β-unsaturated/α-hetero) is 1. The van der Waals surface area contributed by atoms with Gasteiger partial charge in [-0.2, -0.15) is 11.8 Å². The number of carbonyl (C=O) groups excluding carboxylic acids is 2. The largest absolute Gasteiger partial charge is 0.379 e. The van der Waals surface area contributed by atoms with Crippen LogP contribution < -0.4 is 5.32 Å². The van der Waals surface area contributed by atoms with E-state index in [1.807, 2.05) is 6.26 Å². The molecule has 0 rings (SSSR count). The molecule has 1 N–H and O–H groups in total. The van der Waals surface area contributed by atoms with E-state index in [2.05, 4.69) is 5.32 Å². The summed E-state index contributed by atoms with van der Waals surface area (Å²) in [5, 5.41) is 2.67. The third-order valence-electron chi connectivity index (χ3n) is 1.83. The highest BCUT2D eigenvalue weighted by molar-refractivity contribution is 7.98. The Morgan fingerprint density at radius 2 is 1.94 bits per heavy atom. The molecule has 0 aromatic rings. The summed E-state index contributed by atoms with van der Waals surface area (Å²) in [6.45, 7) is 3.48. The average Bonchev–Trinajstić information content (AvgIpc) is 2.29. The number of carbonyl (C=O) groups is 2. The van der Waals surface area contributed by atoms with Crippen molar-refractivity contribution in [2.75, 3.05) is 45.0 Å². The van der Waals surface area contributed by atoms with Crippen LogP contribution in [0, 0.1) is 0 Å². The van der Waals surface area contributed by atoms with Gasteiger partial charge in [0.1, 0.15) is 12.4 Å². The van der Waals surface area contributed by atoms with E-state index in [1.165, 1.54) is 6.92 Å². The number of rotatable bonds is 11. The van der Waals surface area contributed by atoms with E-state index in [1.54, 1.807) is 11.8 Å². The summed E-state index contributed by atoms with van der Waals surface area (Å²) in [4.78, 5) is 21.8. The van der Waals surface area contributed by atoms with Crippen LogP contribution in [0.25, 0.3) is 0 Å². The molecule has 6 heteroatoms. The molecule has 0 aromatic heterocycles. The fraction of sp³-hybridized carbons (Fsp3) is 0.818. The van der Waals surface area contributed by atoms with Gasteiger partial charge in [-0.3, -0.25) is 9.59 Å². The highest BCUT2D eigenvalue weighted by Gasteiger charge is 2.00. The average molecular weight is 263 g/mol. The van der Waals surface area contributed by atoms with Crippen LogP contribution in [0.3, 0.4) is 0 Å². The van der Waals surface area contributed by atoms with Crippen molar-refractivity contribution >= 4 is 23.5 Å². The van der Waals surface area contributed by atoms with Crippen molar-refractivity contribution in [3.05, 3.63) is 0 Å². The maximum absolute atomic E-state index is 11.2. The predicted octanol–water partition coefficient (Wildman–Crippen LogP) is 0.478. The van der Waals surface area contributed by atoms with Crippen LogP contribution in [0.1, 0.15) is 13.3 Å². The minimum absolute atomic E-state index is 0.0913. The first-order valence-corrected chi connectivity index (χ1v) is 6.96. The Bertz CT molecular complexity index is 224. The molecule has 0 aromatic carbocycles. The second-order valence-corrected chi connectivity index (χ2v) is 4.45. The highest BCUT2D eigenvalue weighted by atomic mass is 32.2. The van der Waals surface area contributed by atoms with Crippen molar-refractivity contribution in [1.29, 1.82) is 0 Å². The first-order valence-electron chi connectivity index (χ1n) is 5.57. The first kappa shape index (κ1) is 16.4. The molecule has 0 aliphatic rings. The molecule has 0 radical (unpaired) electrons. The Hall–Kier alpha value is -0.590. The fourth-order valence-electron chi connectivity index (χ4n) is 0.939. The SMILES string of the molecule is CSCCOCC(=O)NCCOCCC(C)=O. The van der Waals surface area contributed by atoms with E-state index in [0.29, 0.717) is 32.8 Å². The fourth-order valence-corrected chi connectivity index (χ4v) is 1.22. The quantitative estimate of drug-likeness (QED) is 0.549. The van der Waals surface area contributed by atoms with Crippen LogP contribution in [-0.2, 0) is 19.1 Å². The van der Waals surface area contributed by atoms with Gasteiger partial charge < -0.3 is 14.8 Å². The topological polar surface area (TPSA) is 64.6 Å². The molecule has 0 saturated heterocycles. The van der Waals surface area contributed by atoms with E-state index >= 15 is 0 Å². The summed E-state index contributed by atoms with van der Waals surface area (Å²) in [6, 6.07) is 0. The van der Waals surface area contributed by atoms with Gasteiger partial charge in [0.2, 0.25) is 5.91 Å². The zero-order valence-corrected chi connectivity index (χ0v) is 11.3. The van der Waals surface area contributed by atoms with E-state index < -0.39 is 0 Å². The summed E-state index contributed by atoms with van der Waals surface area (Å²) in [5.74, 6) is 0.860. The van der Waals surface area contributed by atoms with Crippen LogP contribution in [0.2, 0.25) is 0 Å². The van der Waals surface area contributed by atoms with E-state index in [9.17, 15) is 9.59 Å². The maximum Gasteiger partial charge on any atom is 0.246 e. The normalized spacial score (nSPS) is 10.2. The molecule has 0 saturated carbocycles. The Morgan fingerprint density at radius 1 is 1.18 bits per heavy atom. The Kier molecular flexibility index (Phi) is 11.5. The van der Waals surface area contributed by atoms with Crippen LogP contribution in [0.4, 0.5) is 0 Å². The van der Waals surface area contributed by atoms with E-state index in [4.69, 9.17) is 9.47 Å². The van der Waals surface area contributed by atoms with Gasteiger partial charge in [0, 0.05) is 18.7 Å². The van der Waals surface area contributed by atoms with Crippen molar-refractivity contribution in [3.63, 3.8) is 0 Å². The summed E-state index contributed by atoms with van der Waals surface area (Å²) in [5.41, 5.74) is 0. The molecular formula is C11H21NO4S. The summed E-state index contributed by atoms with van der Waals surface area (Å²) < 4.78 is 10.3. The van der Waals surface area contributed by atoms with Crippen molar-refractivity contribution < 1.29 is 19.1 Å². The number of hydrogen-bond acceptors (Lipinski definition) is 5. The minimum Gasteiger partial charge on any atom is -0.379 e. The maximum atomic E-state index is 11.2. The lowest BCUT2D eigenvalue weighted by atomic mass is 10.3. The third-order valence-corrected chi connectivity index (χ3v) is 2.41. The van der Waals surface area contributed by atoms with Gasteiger partial charge in [-0.15, -0.1) is 0 Å². The van der Waals surface area contributed by atoms with Gasteiger partial charge in [0.05, 0.1) is 19.8 Å². The molecule has 100 valence electrons. The lowest BCUT2D eigenvalue weighted by molar-refractivity contribution is -0.126. The molecule has 1 amide bonds. The standard InChI is InChI=1S/C11H21NO4S/c1-10(13)3-5-15-6-4-12-11(14)9-16-7-8-17-2/h3-9H2,1-2H3,(H,12,14). The Morgan fingerprint density at radius 3 is 2.59 bits per heavy atom. The van der Waals surface area contributed by atoms with Crippen LogP contribution in [-0.4, -0.2) is 56.7 Å². The van der Waals surface area contributed by atoms with Crippen LogP contribution in [0.5, 0.6) is 0 Å². The first-order chi connectivity index (χ1) is 8.16. The van der Waals surface area contributed by atoms with E-state index in [-0.39, 0.29) is 18.3 Å². The molecule has 0 fully saturated rings. The summed E-state index contributed by atoms with van der Waals surface area (Å²) in [6.07, 6.45) is 2.41. The third kappa shape index (κ3) is 13.3. The number of nitrogens with one attached hydrogen (secondary N) is 1. The van der Waals surface area contributed by atoms with Gasteiger partial charge in [-0.05, 0) is 13.2 Å². The van der Waals surface area contributed by atoms with Crippen molar-refractivity contribution in [2.24, 2.45) is 0 Å². The Balaban J connectivity index is 3.19. The molecule has 0 aliphatic carbocycles. The molecule has 0 aliphatic heterocycles. The molecule has 0 unspecified atom stereocenters. The lowest BCUT2D eigenvalue weighted by Crippen LogP contribution is -2.31. The van der Waals surface area contributed by atoms with Gasteiger partial charge >= 0.3 is 0 Å². The predicted molar refractivity (Wildman–Crippen MR) is 68.3 cm³/mol. The molecular weight excluding hydrogens is 242 g/mol. The lowest BCUT2D eigenvalue weighted by Gasteiger charge is -2.06. The molecule has 17 heavy (non-hydrogen) atoms. The molecule has 0 bridgehead atoms. The zero-order chi connectivity index (χ0) is 12.9. The molecule has 0 spiro atoms. The van der Waals surface area contributed by atoms with Gasteiger partial charge in [-0.25, -0.2) is 0 Å². The molecule has 0 heterocycles. The number of ether oxygens (including phenoxy) is 2. The number of thioether (sulfide) groups is 1. The summed E-state index contributed by atoms with van der Waals surface area (Å²) in [7, 11) is 0. The van der Waals surface area contributed by atoms with E-state index in [0.717, 1.165) is 5.75 Å². The monoisotopic (exact) mass is 263 g/mol. The second kappa shape index (κ2) is 11.9.